The zero-order chi connectivity index (χ0) is 27.2. The van der Waals surface area contributed by atoms with E-state index in [1.165, 1.54) is 4.90 Å². The van der Waals surface area contributed by atoms with E-state index in [-0.39, 0.29) is 23.9 Å². The molecular weight excluding hydrogens is 466 g/mol. The standard InChI is InChI=1S/C29H39N5O3/c1-20-11-8-14-23(17-20)34-25(18-24(32-34)29(4,5)6)30-26(35)19-33(15-10-16-37-7)28(36)31-27-21(2)12-9-13-22(27)3/h8-9,11-14,17-18H,10,15-16,19H2,1-7H3,(H,30,35)(H,31,36). The molecule has 0 fully saturated rings. The number of amides is 3. The number of hydrogen-bond donors (Lipinski definition) is 2. The molecule has 198 valence electrons. The third-order valence-corrected chi connectivity index (χ3v) is 6.10. The van der Waals surface area contributed by atoms with Crippen LogP contribution in [0.2, 0.25) is 0 Å². The molecule has 0 atom stereocenters. The number of ether oxygens (including phenoxy) is 1. The van der Waals surface area contributed by atoms with Crippen LogP contribution >= 0.6 is 0 Å². The summed E-state index contributed by atoms with van der Waals surface area (Å²) in [7, 11) is 1.62. The first-order valence-corrected chi connectivity index (χ1v) is 12.6. The molecule has 2 aromatic carbocycles. The van der Waals surface area contributed by atoms with Crippen molar-refractivity contribution in [1.82, 2.24) is 14.7 Å². The summed E-state index contributed by atoms with van der Waals surface area (Å²) in [6.07, 6.45) is 0.610. The van der Waals surface area contributed by atoms with Gasteiger partial charge in [-0.2, -0.15) is 5.10 Å². The molecule has 37 heavy (non-hydrogen) atoms. The summed E-state index contributed by atoms with van der Waals surface area (Å²) in [5, 5.41) is 10.8. The first-order chi connectivity index (χ1) is 17.5. The van der Waals surface area contributed by atoms with Crippen molar-refractivity contribution >= 4 is 23.4 Å². The van der Waals surface area contributed by atoms with E-state index < -0.39 is 0 Å². The second-order valence-electron chi connectivity index (χ2n) is 10.4. The highest BCUT2D eigenvalue weighted by Crippen LogP contribution is 2.27. The maximum Gasteiger partial charge on any atom is 0.322 e. The van der Waals surface area contributed by atoms with Gasteiger partial charge in [-0.1, -0.05) is 51.1 Å². The van der Waals surface area contributed by atoms with Gasteiger partial charge in [0.2, 0.25) is 5.91 Å². The van der Waals surface area contributed by atoms with Crippen molar-refractivity contribution in [2.24, 2.45) is 0 Å². The molecular formula is C29H39N5O3. The third-order valence-electron chi connectivity index (χ3n) is 6.10. The zero-order valence-electron chi connectivity index (χ0n) is 23.0. The van der Waals surface area contributed by atoms with Crippen LogP contribution in [0, 0.1) is 20.8 Å². The fourth-order valence-corrected chi connectivity index (χ4v) is 4.00. The van der Waals surface area contributed by atoms with E-state index >= 15 is 0 Å². The highest BCUT2D eigenvalue weighted by Gasteiger charge is 2.23. The average molecular weight is 506 g/mol. The quantitative estimate of drug-likeness (QED) is 0.370. The Morgan fingerprint density at radius 1 is 1.00 bits per heavy atom. The van der Waals surface area contributed by atoms with Gasteiger partial charge < -0.3 is 20.3 Å². The third kappa shape index (κ3) is 7.43. The number of carbonyl (C=O) groups is 2. The lowest BCUT2D eigenvalue weighted by Gasteiger charge is -2.24. The summed E-state index contributed by atoms with van der Waals surface area (Å²) >= 11 is 0. The van der Waals surface area contributed by atoms with Gasteiger partial charge in [0, 0.05) is 37.4 Å². The van der Waals surface area contributed by atoms with Gasteiger partial charge >= 0.3 is 6.03 Å². The van der Waals surface area contributed by atoms with Crippen molar-refractivity contribution < 1.29 is 14.3 Å². The van der Waals surface area contributed by atoms with E-state index in [2.05, 4.69) is 31.4 Å². The summed E-state index contributed by atoms with van der Waals surface area (Å²) in [5.41, 5.74) is 5.29. The summed E-state index contributed by atoms with van der Waals surface area (Å²) in [4.78, 5) is 28.0. The molecule has 1 aromatic heterocycles. The number of nitrogens with one attached hydrogen (secondary N) is 2. The summed E-state index contributed by atoms with van der Waals surface area (Å²) < 4.78 is 6.92. The Kier molecular flexibility index (Phi) is 9.10. The van der Waals surface area contributed by atoms with Crippen LogP contribution in [0.4, 0.5) is 16.3 Å². The Balaban J connectivity index is 1.83. The molecule has 3 amide bonds. The summed E-state index contributed by atoms with van der Waals surface area (Å²) in [6, 6.07) is 15.4. The number of para-hydroxylation sites is 1. The van der Waals surface area contributed by atoms with Crippen molar-refractivity contribution in [1.29, 1.82) is 0 Å². The minimum atomic E-state index is -0.328. The number of benzene rings is 2. The number of urea groups is 1. The van der Waals surface area contributed by atoms with Crippen LogP contribution in [0.3, 0.4) is 0 Å². The Morgan fingerprint density at radius 3 is 2.30 bits per heavy atom. The molecule has 1 heterocycles. The van der Waals surface area contributed by atoms with Crippen molar-refractivity contribution in [2.45, 2.75) is 53.4 Å². The van der Waals surface area contributed by atoms with E-state index in [1.807, 2.05) is 69.3 Å². The Bertz CT molecular complexity index is 1220. The van der Waals surface area contributed by atoms with E-state index in [4.69, 9.17) is 9.84 Å². The largest absolute Gasteiger partial charge is 0.385 e. The number of methoxy groups -OCH3 is 1. The maximum atomic E-state index is 13.3. The van der Waals surface area contributed by atoms with Gasteiger partial charge in [0.05, 0.1) is 11.4 Å². The first-order valence-electron chi connectivity index (χ1n) is 12.6. The van der Waals surface area contributed by atoms with Gasteiger partial charge in [-0.25, -0.2) is 9.48 Å². The van der Waals surface area contributed by atoms with E-state index in [0.29, 0.717) is 25.4 Å². The number of nitrogens with zero attached hydrogens (tertiary/aromatic N) is 3. The van der Waals surface area contributed by atoms with Gasteiger partial charge in [0.15, 0.2) is 0 Å². The Morgan fingerprint density at radius 2 is 1.68 bits per heavy atom. The van der Waals surface area contributed by atoms with E-state index in [9.17, 15) is 9.59 Å². The number of aryl methyl sites for hydroxylation is 3. The number of carbonyl (C=O) groups excluding carboxylic acids is 2. The molecule has 0 bridgehead atoms. The predicted molar refractivity (Wildman–Crippen MR) is 149 cm³/mol. The van der Waals surface area contributed by atoms with Crippen LogP contribution in [0.1, 0.15) is 49.6 Å². The van der Waals surface area contributed by atoms with Gasteiger partial charge in [-0.3, -0.25) is 4.79 Å². The maximum absolute atomic E-state index is 13.3. The highest BCUT2D eigenvalue weighted by atomic mass is 16.5. The molecule has 8 heteroatoms. The zero-order valence-corrected chi connectivity index (χ0v) is 23.0. The fourth-order valence-electron chi connectivity index (χ4n) is 4.00. The minimum absolute atomic E-state index is 0.107. The molecule has 8 nitrogen and oxygen atoms in total. The van der Waals surface area contributed by atoms with Crippen molar-refractivity contribution in [3.8, 4) is 5.69 Å². The fraction of sp³-hybridized carbons (Fsp3) is 0.414. The van der Waals surface area contributed by atoms with E-state index in [1.54, 1.807) is 11.8 Å². The molecule has 0 aliphatic heterocycles. The molecule has 0 aliphatic carbocycles. The summed E-state index contributed by atoms with van der Waals surface area (Å²) in [5.74, 6) is 0.260. The molecule has 0 saturated heterocycles. The van der Waals surface area contributed by atoms with Gasteiger partial charge in [0.1, 0.15) is 12.4 Å². The highest BCUT2D eigenvalue weighted by molar-refractivity contribution is 5.97. The minimum Gasteiger partial charge on any atom is -0.385 e. The van der Waals surface area contributed by atoms with Gasteiger partial charge in [-0.15, -0.1) is 0 Å². The molecule has 3 aromatic rings. The normalized spacial score (nSPS) is 11.3. The average Bonchev–Trinajstić information content (AvgIpc) is 3.25. The molecule has 0 unspecified atom stereocenters. The van der Waals surface area contributed by atoms with Gasteiger partial charge in [0.25, 0.3) is 0 Å². The second-order valence-corrected chi connectivity index (χ2v) is 10.4. The van der Waals surface area contributed by atoms with Gasteiger partial charge in [-0.05, 0) is 56.0 Å². The number of aromatic nitrogens is 2. The lowest BCUT2D eigenvalue weighted by Crippen LogP contribution is -2.41. The van der Waals surface area contributed by atoms with Crippen molar-refractivity contribution in [3.63, 3.8) is 0 Å². The number of rotatable bonds is 9. The lowest BCUT2D eigenvalue weighted by atomic mass is 9.92. The Hall–Kier alpha value is -3.65. The van der Waals surface area contributed by atoms with Crippen LogP contribution in [0.15, 0.2) is 48.5 Å². The van der Waals surface area contributed by atoms with E-state index in [0.717, 1.165) is 33.8 Å². The lowest BCUT2D eigenvalue weighted by molar-refractivity contribution is -0.116. The van der Waals surface area contributed by atoms with Crippen LogP contribution in [-0.4, -0.2) is 53.4 Å². The molecule has 2 N–H and O–H groups in total. The molecule has 0 aliphatic rings. The number of hydrogen-bond acceptors (Lipinski definition) is 4. The number of anilines is 2. The van der Waals surface area contributed by atoms with Crippen molar-refractivity contribution in [2.75, 3.05) is 37.4 Å². The summed E-state index contributed by atoms with van der Waals surface area (Å²) in [6.45, 7) is 12.9. The Labute approximate surface area is 220 Å². The van der Waals surface area contributed by atoms with Crippen LogP contribution in [0.5, 0.6) is 0 Å². The topological polar surface area (TPSA) is 88.5 Å². The molecule has 3 rings (SSSR count). The van der Waals surface area contributed by atoms with Crippen molar-refractivity contribution in [3.05, 3.63) is 70.9 Å². The monoisotopic (exact) mass is 505 g/mol. The van der Waals surface area contributed by atoms with Crippen LogP contribution < -0.4 is 10.6 Å². The molecule has 0 spiro atoms. The molecule has 0 radical (unpaired) electrons. The van der Waals surface area contributed by atoms with Crippen LogP contribution in [-0.2, 0) is 14.9 Å². The predicted octanol–water partition coefficient (Wildman–Crippen LogP) is 5.60. The molecule has 0 saturated carbocycles. The smallest absolute Gasteiger partial charge is 0.322 e. The first kappa shape index (κ1) is 27.9. The second kappa shape index (κ2) is 12.1. The van der Waals surface area contributed by atoms with Crippen LogP contribution in [0.25, 0.3) is 5.69 Å². The SMILES string of the molecule is COCCCN(CC(=O)Nc1cc(C(C)(C)C)nn1-c1cccc(C)c1)C(=O)Nc1c(C)cccc1C.